The molecule has 0 saturated carbocycles. The van der Waals surface area contributed by atoms with Gasteiger partial charge in [-0.2, -0.15) is 13.2 Å². The van der Waals surface area contributed by atoms with Gasteiger partial charge in [0.25, 0.3) is 0 Å². The van der Waals surface area contributed by atoms with Crippen LogP contribution in [0.5, 0.6) is 17.2 Å². The second-order valence-corrected chi connectivity index (χ2v) is 5.92. The second kappa shape index (κ2) is 9.36. The van der Waals surface area contributed by atoms with Crippen LogP contribution in [-0.2, 0) is 4.79 Å². The van der Waals surface area contributed by atoms with E-state index in [1.165, 1.54) is 44.6 Å². The summed E-state index contributed by atoms with van der Waals surface area (Å²) in [4.78, 5) is 12.2. The monoisotopic (exact) mass is 415 g/mol. The maximum atomic E-state index is 12.4. The average Bonchev–Trinajstić information content (AvgIpc) is 2.64. The van der Waals surface area contributed by atoms with Crippen LogP contribution in [0.4, 0.5) is 18.9 Å². The van der Waals surface area contributed by atoms with Crippen molar-refractivity contribution in [3.8, 4) is 17.2 Å². The molecule has 0 bridgehead atoms. The van der Waals surface area contributed by atoms with E-state index in [1.54, 1.807) is 18.2 Å². The molecule has 150 valence electrons. The van der Waals surface area contributed by atoms with Crippen molar-refractivity contribution in [1.29, 1.82) is 0 Å². The number of halogens is 4. The zero-order valence-corrected chi connectivity index (χ0v) is 15.7. The molecule has 0 aliphatic rings. The SMILES string of the molecule is COc1ccc(C=CC(=O)Nc2cc(Cl)ccc2OCC(F)(F)F)cc1OC. The molecule has 0 heterocycles. The largest absolute Gasteiger partial charge is 0.493 e. The fraction of sp³-hybridized carbons (Fsp3) is 0.211. The Morgan fingerprint density at radius 1 is 1.07 bits per heavy atom. The van der Waals surface area contributed by atoms with Crippen LogP contribution in [0.15, 0.2) is 42.5 Å². The van der Waals surface area contributed by atoms with Gasteiger partial charge in [-0.15, -0.1) is 0 Å². The van der Waals surface area contributed by atoms with Crippen molar-refractivity contribution in [2.45, 2.75) is 6.18 Å². The summed E-state index contributed by atoms with van der Waals surface area (Å²) in [6.45, 7) is -1.49. The molecule has 0 radical (unpaired) electrons. The van der Waals surface area contributed by atoms with Gasteiger partial charge < -0.3 is 19.5 Å². The van der Waals surface area contributed by atoms with Gasteiger partial charge in [0, 0.05) is 11.1 Å². The van der Waals surface area contributed by atoms with Crippen molar-refractivity contribution in [2.24, 2.45) is 0 Å². The smallest absolute Gasteiger partial charge is 0.422 e. The lowest BCUT2D eigenvalue weighted by atomic mass is 10.2. The number of carbonyl (C=O) groups is 1. The van der Waals surface area contributed by atoms with E-state index >= 15 is 0 Å². The summed E-state index contributed by atoms with van der Waals surface area (Å²) in [5, 5.41) is 2.69. The minimum Gasteiger partial charge on any atom is -0.493 e. The van der Waals surface area contributed by atoms with E-state index in [1.807, 2.05) is 0 Å². The average molecular weight is 416 g/mol. The number of benzene rings is 2. The fourth-order valence-corrected chi connectivity index (χ4v) is 2.36. The van der Waals surface area contributed by atoms with Gasteiger partial charge >= 0.3 is 6.18 Å². The van der Waals surface area contributed by atoms with Gasteiger partial charge in [0.2, 0.25) is 5.91 Å². The van der Waals surface area contributed by atoms with Crippen molar-refractivity contribution in [2.75, 3.05) is 26.1 Å². The summed E-state index contributed by atoms with van der Waals surface area (Å²) in [5.74, 6) is 0.306. The van der Waals surface area contributed by atoms with E-state index in [-0.39, 0.29) is 16.5 Å². The Morgan fingerprint density at radius 3 is 2.39 bits per heavy atom. The Kier molecular flexibility index (Phi) is 7.17. The van der Waals surface area contributed by atoms with E-state index < -0.39 is 18.7 Å². The van der Waals surface area contributed by atoms with Crippen molar-refractivity contribution in [3.05, 3.63) is 53.1 Å². The van der Waals surface area contributed by atoms with Crippen LogP contribution in [0.1, 0.15) is 5.56 Å². The lowest BCUT2D eigenvalue weighted by molar-refractivity contribution is -0.153. The number of hydrogen-bond donors (Lipinski definition) is 1. The molecule has 0 aliphatic heterocycles. The van der Waals surface area contributed by atoms with Crippen molar-refractivity contribution in [1.82, 2.24) is 0 Å². The molecule has 5 nitrogen and oxygen atoms in total. The van der Waals surface area contributed by atoms with Gasteiger partial charge in [0.15, 0.2) is 18.1 Å². The predicted molar refractivity (Wildman–Crippen MR) is 100 cm³/mol. The molecule has 9 heteroatoms. The Hall–Kier alpha value is -2.87. The third kappa shape index (κ3) is 6.38. The minimum atomic E-state index is -4.51. The quantitative estimate of drug-likeness (QED) is 0.650. The molecule has 0 aliphatic carbocycles. The van der Waals surface area contributed by atoms with Crippen molar-refractivity contribution in [3.63, 3.8) is 0 Å². The van der Waals surface area contributed by atoms with Gasteiger partial charge in [-0.1, -0.05) is 17.7 Å². The molecular formula is C19H17ClF3NO4. The Labute approximate surface area is 164 Å². The first-order valence-corrected chi connectivity index (χ1v) is 8.30. The first-order valence-electron chi connectivity index (χ1n) is 7.92. The molecule has 2 rings (SSSR count). The van der Waals surface area contributed by atoms with Gasteiger partial charge in [-0.3, -0.25) is 4.79 Å². The van der Waals surface area contributed by atoms with Gasteiger partial charge in [-0.05, 0) is 42.0 Å². The maximum absolute atomic E-state index is 12.4. The zero-order valence-electron chi connectivity index (χ0n) is 15.0. The summed E-state index contributed by atoms with van der Waals surface area (Å²) in [5.41, 5.74) is 0.686. The summed E-state index contributed by atoms with van der Waals surface area (Å²) in [6.07, 6.45) is -1.78. The number of rotatable bonds is 7. The second-order valence-electron chi connectivity index (χ2n) is 5.48. The first kappa shape index (κ1) is 21.4. The van der Waals surface area contributed by atoms with Crippen molar-refractivity contribution >= 4 is 29.3 Å². The third-order valence-corrected chi connectivity index (χ3v) is 3.66. The number of nitrogens with one attached hydrogen (secondary N) is 1. The van der Waals surface area contributed by atoms with E-state index in [0.717, 1.165) is 0 Å². The molecule has 0 unspecified atom stereocenters. The number of amides is 1. The van der Waals surface area contributed by atoms with Crippen LogP contribution in [0.3, 0.4) is 0 Å². The number of hydrogen-bond acceptors (Lipinski definition) is 4. The van der Waals surface area contributed by atoms with E-state index in [4.69, 9.17) is 25.8 Å². The molecule has 2 aromatic rings. The van der Waals surface area contributed by atoms with Crippen LogP contribution >= 0.6 is 11.6 Å². The molecule has 28 heavy (non-hydrogen) atoms. The number of anilines is 1. The highest BCUT2D eigenvalue weighted by atomic mass is 35.5. The zero-order chi connectivity index (χ0) is 20.7. The summed E-state index contributed by atoms with van der Waals surface area (Å²) in [7, 11) is 2.99. The van der Waals surface area contributed by atoms with Crippen LogP contribution in [0, 0.1) is 0 Å². The molecule has 1 N–H and O–H groups in total. The lowest BCUT2D eigenvalue weighted by Gasteiger charge is -2.13. The highest BCUT2D eigenvalue weighted by molar-refractivity contribution is 6.31. The lowest BCUT2D eigenvalue weighted by Crippen LogP contribution is -2.20. The highest BCUT2D eigenvalue weighted by Crippen LogP contribution is 2.30. The molecule has 0 aromatic heterocycles. The summed E-state index contributed by atoms with van der Waals surface area (Å²) >= 11 is 5.85. The van der Waals surface area contributed by atoms with E-state index in [2.05, 4.69) is 5.32 Å². The van der Waals surface area contributed by atoms with Gasteiger partial charge in [0.05, 0.1) is 19.9 Å². The molecule has 0 spiro atoms. The molecular weight excluding hydrogens is 399 g/mol. The number of carbonyl (C=O) groups excluding carboxylic acids is 1. The maximum Gasteiger partial charge on any atom is 0.422 e. The molecule has 0 fully saturated rings. The topological polar surface area (TPSA) is 56.8 Å². The number of methoxy groups -OCH3 is 2. The van der Waals surface area contributed by atoms with Crippen LogP contribution in [0.2, 0.25) is 5.02 Å². The molecule has 1 amide bonds. The summed E-state index contributed by atoms with van der Waals surface area (Å²) in [6, 6.07) is 8.97. The Bertz CT molecular complexity index is 869. The molecule has 2 aromatic carbocycles. The van der Waals surface area contributed by atoms with E-state index in [9.17, 15) is 18.0 Å². The number of alkyl halides is 3. The highest BCUT2D eigenvalue weighted by Gasteiger charge is 2.29. The fourth-order valence-electron chi connectivity index (χ4n) is 2.19. The molecule has 0 atom stereocenters. The molecule has 0 saturated heterocycles. The standard InChI is InChI=1S/C19H17ClF3NO4/c1-26-16-6-3-12(9-17(16)27-2)4-8-18(25)24-14-10-13(20)5-7-15(14)28-11-19(21,22)23/h3-10H,11H2,1-2H3,(H,24,25). The first-order chi connectivity index (χ1) is 13.2. The predicted octanol–water partition coefficient (Wildman–Crippen LogP) is 4.95. The van der Waals surface area contributed by atoms with Crippen LogP contribution < -0.4 is 19.5 Å². The Balaban J connectivity index is 2.12. The van der Waals surface area contributed by atoms with Crippen LogP contribution in [-0.4, -0.2) is 32.9 Å². The third-order valence-electron chi connectivity index (χ3n) is 3.43. The minimum absolute atomic E-state index is 0.0266. The van der Waals surface area contributed by atoms with Gasteiger partial charge in [-0.25, -0.2) is 0 Å². The van der Waals surface area contributed by atoms with Crippen LogP contribution in [0.25, 0.3) is 6.08 Å². The summed E-state index contributed by atoms with van der Waals surface area (Å²) < 4.78 is 52.1. The van der Waals surface area contributed by atoms with Crippen molar-refractivity contribution < 1.29 is 32.2 Å². The Morgan fingerprint density at radius 2 is 1.75 bits per heavy atom. The normalized spacial score (nSPS) is 11.4. The number of ether oxygens (including phenoxy) is 3. The van der Waals surface area contributed by atoms with Gasteiger partial charge in [0.1, 0.15) is 5.75 Å². The van der Waals surface area contributed by atoms with E-state index in [0.29, 0.717) is 17.1 Å².